The van der Waals surface area contributed by atoms with Gasteiger partial charge < -0.3 is 5.32 Å². The Balaban J connectivity index is 1.98. The number of pyridine rings is 1. The molecule has 0 saturated heterocycles. The van der Waals surface area contributed by atoms with Crippen LogP contribution in [-0.2, 0) is 24.2 Å². The van der Waals surface area contributed by atoms with Gasteiger partial charge in [-0.3, -0.25) is 14.5 Å². The lowest BCUT2D eigenvalue weighted by Crippen LogP contribution is -2.34. The van der Waals surface area contributed by atoms with E-state index >= 15 is 0 Å². The van der Waals surface area contributed by atoms with E-state index in [4.69, 9.17) is 0 Å². The van der Waals surface area contributed by atoms with Crippen molar-refractivity contribution in [2.45, 2.75) is 32.4 Å². The molecule has 9 heteroatoms. The van der Waals surface area contributed by atoms with Crippen molar-refractivity contribution >= 4 is 5.91 Å². The summed E-state index contributed by atoms with van der Waals surface area (Å²) in [6.07, 6.45) is -1.89. The van der Waals surface area contributed by atoms with E-state index < -0.39 is 30.4 Å². The van der Waals surface area contributed by atoms with Crippen molar-refractivity contribution in [3.05, 3.63) is 82.9 Å². The Morgan fingerprint density at radius 2 is 1.86 bits per heavy atom. The van der Waals surface area contributed by atoms with Gasteiger partial charge in [-0.25, -0.2) is 4.39 Å². The van der Waals surface area contributed by atoms with E-state index in [2.05, 4.69) is 15.4 Å². The molecule has 0 aliphatic heterocycles. The minimum absolute atomic E-state index is 0.161. The lowest BCUT2D eigenvalue weighted by Gasteiger charge is -2.22. The number of halogens is 4. The molecule has 0 bridgehead atoms. The first kappa shape index (κ1) is 20.5. The van der Waals surface area contributed by atoms with Crippen LogP contribution in [0.4, 0.5) is 17.6 Å². The molecular weight excluding hydrogens is 388 g/mol. The van der Waals surface area contributed by atoms with Crippen molar-refractivity contribution in [2.24, 2.45) is 0 Å². The largest absolute Gasteiger partial charge is 0.418 e. The second kappa shape index (κ2) is 8.42. The molecule has 5 nitrogen and oxygen atoms in total. The molecule has 0 aliphatic rings. The molecular formula is C20H18F4N4O. The van der Waals surface area contributed by atoms with E-state index in [9.17, 15) is 22.4 Å². The molecule has 1 aromatic carbocycles. The van der Waals surface area contributed by atoms with Crippen LogP contribution in [0.15, 0.2) is 54.9 Å². The quantitative estimate of drug-likeness (QED) is 0.630. The number of amides is 1. The zero-order chi connectivity index (χ0) is 21.0. The first-order valence-electron chi connectivity index (χ1n) is 8.74. The second-order valence-electron chi connectivity index (χ2n) is 6.44. The van der Waals surface area contributed by atoms with Gasteiger partial charge in [0.15, 0.2) is 0 Å². The van der Waals surface area contributed by atoms with Crippen molar-refractivity contribution in [2.75, 3.05) is 0 Å². The summed E-state index contributed by atoms with van der Waals surface area (Å²) in [5.74, 6) is -0.532. The van der Waals surface area contributed by atoms with Gasteiger partial charge in [-0.1, -0.05) is 24.3 Å². The number of carbonyl (C=O) groups excluding carboxylic acids is 1. The molecule has 1 atom stereocenters. The Labute approximate surface area is 164 Å². The minimum Gasteiger partial charge on any atom is -0.342 e. The molecule has 0 spiro atoms. The molecule has 2 aromatic heterocycles. The summed E-state index contributed by atoms with van der Waals surface area (Å²) in [4.78, 5) is 16.5. The lowest BCUT2D eigenvalue weighted by atomic mass is 9.98. The Morgan fingerprint density at radius 1 is 1.14 bits per heavy atom. The fraction of sp³-hybridized carbons (Fsp3) is 0.250. The van der Waals surface area contributed by atoms with Gasteiger partial charge in [0.2, 0.25) is 5.91 Å². The molecule has 1 N–H and O–H groups in total. The Bertz CT molecular complexity index is 983. The van der Waals surface area contributed by atoms with Crippen LogP contribution in [-0.4, -0.2) is 20.7 Å². The number of hydrogen-bond acceptors (Lipinski definition) is 3. The fourth-order valence-corrected chi connectivity index (χ4v) is 2.90. The van der Waals surface area contributed by atoms with Gasteiger partial charge in [-0.15, -0.1) is 0 Å². The molecule has 1 amide bonds. The van der Waals surface area contributed by atoms with E-state index in [1.165, 1.54) is 47.4 Å². The summed E-state index contributed by atoms with van der Waals surface area (Å²) in [5.41, 5.74) is 0.187. The van der Waals surface area contributed by atoms with Gasteiger partial charge in [-0.05, 0) is 36.2 Å². The lowest BCUT2D eigenvalue weighted by molar-refractivity contribution is -0.139. The van der Waals surface area contributed by atoms with Crippen LogP contribution >= 0.6 is 0 Å². The molecule has 0 aliphatic carbocycles. The van der Waals surface area contributed by atoms with Crippen molar-refractivity contribution in [3.63, 3.8) is 0 Å². The monoisotopic (exact) mass is 406 g/mol. The molecule has 3 aromatic rings. The minimum atomic E-state index is -4.65. The van der Waals surface area contributed by atoms with Crippen LogP contribution in [0.25, 0.3) is 0 Å². The SMILES string of the molecule is Cc1ccnn1CC(=O)N[C@@H](c1ccc(CF)cc1)c1ncccc1C(F)(F)F. The smallest absolute Gasteiger partial charge is 0.342 e. The van der Waals surface area contributed by atoms with Crippen molar-refractivity contribution < 1.29 is 22.4 Å². The van der Waals surface area contributed by atoms with Crippen molar-refractivity contribution in [1.29, 1.82) is 0 Å². The highest BCUT2D eigenvalue weighted by atomic mass is 19.4. The molecule has 0 unspecified atom stereocenters. The first-order valence-corrected chi connectivity index (χ1v) is 8.74. The molecule has 0 radical (unpaired) electrons. The van der Waals surface area contributed by atoms with Crippen LogP contribution in [0, 0.1) is 6.92 Å². The summed E-state index contributed by atoms with van der Waals surface area (Å²) in [5, 5.41) is 6.62. The molecule has 0 fully saturated rings. The standard InChI is InChI=1S/C20H18F4N4O/c1-13-8-10-26-28(13)12-17(29)27-18(15-6-4-14(11-21)5-7-15)19-16(20(22,23)24)3-2-9-25-19/h2-10,18H,11-12H2,1H3,(H,27,29)/t18-/m0/s1. The number of hydrogen-bond donors (Lipinski definition) is 1. The third-order valence-electron chi connectivity index (χ3n) is 4.41. The third-order valence-corrected chi connectivity index (χ3v) is 4.41. The molecule has 0 saturated carbocycles. The average molecular weight is 406 g/mol. The first-order chi connectivity index (χ1) is 13.8. The van der Waals surface area contributed by atoms with E-state index in [0.717, 1.165) is 11.8 Å². The number of benzene rings is 1. The maximum absolute atomic E-state index is 13.5. The second-order valence-corrected chi connectivity index (χ2v) is 6.44. The maximum Gasteiger partial charge on any atom is 0.418 e. The Hall–Kier alpha value is -3.23. The number of nitrogens with zero attached hydrogens (tertiary/aromatic N) is 3. The fourth-order valence-electron chi connectivity index (χ4n) is 2.90. The average Bonchev–Trinajstić information content (AvgIpc) is 3.10. The zero-order valence-corrected chi connectivity index (χ0v) is 15.4. The van der Waals surface area contributed by atoms with E-state index in [0.29, 0.717) is 11.1 Å². The third kappa shape index (κ3) is 4.79. The number of carbonyl (C=O) groups is 1. The number of aryl methyl sites for hydroxylation is 1. The maximum atomic E-state index is 13.5. The van der Waals surface area contributed by atoms with E-state index in [1.807, 2.05) is 0 Å². The predicted octanol–water partition coefficient (Wildman–Crippen LogP) is 3.98. The van der Waals surface area contributed by atoms with Gasteiger partial charge in [0.1, 0.15) is 13.2 Å². The molecule has 29 heavy (non-hydrogen) atoms. The van der Waals surface area contributed by atoms with Gasteiger partial charge in [0.05, 0.1) is 17.3 Å². The number of aromatic nitrogens is 3. The Morgan fingerprint density at radius 3 is 2.45 bits per heavy atom. The van der Waals surface area contributed by atoms with Crippen LogP contribution in [0.2, 0.25) is 0 Å². The number of nitrogens with one attached hydrogen (secondary N) is 1. The van der Waals surface area contributed by atoms with Gasteiger partial charge >= 0.3 is 6.18 Å². The predicted molar refractivity (Wildman–Crippen MR) is 97.4 cm³/mol. The van der Waals surface area contributed by atoms with Gasteiger partial charge in [-0.2, -0.15) is 18.3 Å². The number of alkyl halides is 4. The summed E-state index contributed by atoms with van der Waals surface area (Å²) in [6.45, 7) is 0.896. The highest BCUT2D eigenvalue weighted by Crippen LogP contribution is 2.35. The topological polar surface area (TPSA) is 59.8 Å². The van der Waals surface area contributed by atoms with Gasteiger partial charge in [0.25, 0.3) is 0 Å². The normalized spacial score (nSPS) is 12.6. The zero-order valence-electron chi connectivity index (χ0n) is 15.4. The van der Waals surface area contributed by atoms with Crippen LogP contribution in [0.3, 0.4) is 0 Å². The van der Waals surface area contributed by atoms with E-state index in [1.54, 1.807) is 13.0 Å². The number of rotatable bonds is 6. The summed E-state index contributed by atoms with van der Waals surface area (Å²) < 4.78 is 54.8. The Kier molecular flexibility index (Phi) is 5.95. The molecule has 3 rings (SSSR count). The van der Waals surface area contributed by atoms with Crippen molar-refractivity contribution in [3.8, 4) is 0 Å². The highest BCUT2D eigenvalue weighted by Gasteiger charge is 2.37. The summed E-state index contributed by atoms with van der Waals surface area (Å²) in [7, 11) is 0. The van der Waals surface area contributed by atoms with E-state index in [-0.39, 0.29) is 12.2 Å². The van der Waals surface area contributed by atoms with Crippen LogP contribution < -0.4 is 5.32 Å². The summed E-state index contributed by atoms with van der Waals surface area (Å²) >= 11 is 0. The van der Waals surface area contributed by atoms with Crippen molar-refractivity contribution in [1.82, 2.24) is 20.1 Å². The van der Waals surface area contributed by atoms with Crippen LogP contribution in [0.1, 0.15) is 34.1 Å². The van der Waals surface area contributed by atoms with Gasteiger partial charge in [0, 0.05) is 18.1 Å². The molecule has 152 valence electrons. The van der Waals surface area contributed by atoms with Crippen LogP contribution in [0.5, 0.6) is 0 Å². The summed E-state index contributed by atoms with van der Waals surface area (Å²) in [6, 6.07) is 8.53. The highest BCUT2D eigenvalue weighted by molar-refractivity contribution is 5.76. The molecule has 2 heterocycles.